The maximum atomic E-state index is 12.5. The van der Waals surface area contributed by atoms with E-state index in [4.69, 9.17) is 4.74 Å². The minimum absolute atomic E-state index is 0.182. The van der Waals surface area contributed by atoms with Gasteiger partial charge < -0.3 is 15.2 Å². The molecule has 156 valence electrons. The third-order valence-corrected chi connectivity index (χ3v) is 6.13. The highest BCUT2D eigenvalue weighted by Gasteiger charge is 2.24. The van der Waals surface area contributed by atoms with Crippen LogP contribution in [0.5, 0.6) is 0 Å². The van der Waals surface area contributed by atoms with Crippen molar-refractivity contribution in [3.05, 3.63) is 104 Å². The smallest absolute Gasteiger partial charge is 0.407 e. The van der Waals surface area contributed by atoms with E-state index in [1.165, 1.54) is 0 Å². The zero-order valence-electron chi connectivity index (χ0n) is 16.3. The zero-order valence-corrected chi connectivity index (χ0v) is 20.0. The van der Waals surface area contributed by atoms with E-state index in [1.54, 1.807) is 0 Å². The Balaban J connectivity index is 1.69. The number of nitrogens with one attached hydrogen (secondary N) is 1. The van der Waals surface area contributed by atoms with Crippen molar-refractivity contribution in [3.8, 4) is 0 Å². The number of hydrogen-bond donors (Lipinski definition) is 2. The van der Waals surface area contributed by atoms with Crippen molar-refractivity contribution in [3.63, 3.8) is 0 Å². The molecular weight excluding hydrogens is 557 g/mol. The normalized spacial score (nSPS) is 12.8. The Bertz CT molecular complexity index is 953. The molecule has 0 fully saturated rings. The fraction of sp³-hybridized carbons (Fsp3) is 0.208. The van der Waals surface area contributed by atoms with Crippen LogP contribution in [0.3, 0.4) is 0 Å². The van der Waals surface area contributed by atoms with E-state index in [9.17, 15) is 9.90 Å². The predicted octanol–water partition coefficient (Wildman–Crippen LogP) is 5.49. The van der Waals surface area contributed by atoms with Gasteiger partial charge in [0.05, 0.1) is 12.1 Å². The highest BCUT2D eigenvalue weighted by atomic mass is 127. The number of aliphatic hydroxyl groups excluding tert-OH is 1. The van der Waals surface area contributed by atoms with Gasteiger partial charge in [-0.05, 0) is 57.8 Å². The molecule has 0 saturated carbocycles. The van der Waals surface area contributed by atoms with Crippen molar-refractivity contribution >= 4 is 44.6 Å². The molecule has 1 amide bonds. The fourth-order valence-corrected chi connectivity index (χ4v) is 4.58. The first kappa shape index (κ1) is 22.8. The highest BCUT2D eigenvalue weighted by Crippen LogP contribution is 2.22. The molecule has 0 saturated heterocycles. The minimum Gasteiger partial charge on any atom is -0.445 e. The molecular formula is C24H23BrINO3. The number of rotatable bonds is 8. The van der Waals surface area contributed by atoms with E-state index in [2.05, 4.69) is 43.8 Å². The summed E-state index contributed by atoms with van der Waals surface area (Å²) in [5, 5.41) is 13.8. The summed E-state index contributed by atoms with van der Waals surface area (Å²) >= 11 is 5.84. The Morgan fingerprint density at radius 3 is 2.23 bits per heavy atom. The van der Waals surface area contributed by atoms with E-state index in [0.29, 0.717) is 12.8 Å². The van der Waals surface area contributed by atoms with Gasteiger partial charge in [0, 0.05) is 14.5 Å². The number of carbonyl (C=O) groups excluding carboxylic acids is 1. The molecule has 3 aromatic carbocycles. The van der Waals surface area contributed by atoms with Crippen LogP contribution in [0.15, 0.2) is 83.3 Å². The fourth-order valence-electron chi connectivity index (χ4n) is 3.12. The van der Waals surface area contributed by atoms with Crippen LogP contribution < -0.4 is 5.32 Å². The lowest BCUT2D eigenvalue weighted by molar-refractivity contribution is 0.101. The number of alkyl carbamates (subject to hydrolysis) is 1. The lowest BCUT2D eigenvalue weighted by Gasteiger charge is -2.25. The molecule has 2 N–H and O–H groups in total. The molecule has 4 nitrogen and oxygen atoms in total. The molecule has 0 spiro atoms. The molecule has 3 rings (SSSR count). The molecule has 2 atom stereocenters. The molecule has 2 unspecified atom stereocenters. The third kappa shape index (κ3) is 7.11. The number of amides is 1. The molecule has 0 heterocycles. The van der Waals surface area contributed by atoms with Crippen molar-refractivity contribution in [2.45, 2.75) is 31.6 Å². The summed E-state index contributed by atoms with van der Waals surface area (Å²) in [6.45, 7) is 0.182. The van der Waals surface area contributed by atoms with Crippen LogP contribution in [0, 0.1) is 3.57 Å². The van der Waals surface area contributed by atoms with Gasteiger partial charge in [0.2, 0.25) is 0 Å². The largest absolute Gasteiger partial charge is 0.445 e. The van der Waals surface area contributed by atoms with Gasteiger partial charge in [0.15, 0.2) is 0 Å². The molecule has 0 aliphatic carbocycles. The zero-order chi connectivity index (χ0) is 21.3. The van der Waals surface area contributed by atoms with Gasteiger partial charge in [-0.25, -0.2) is 4.79 Å². The number of halogens is 2. The predicted molar refractivity (Wildman–Crippen MR) is 130 cm³/mol. The van der Waals surface area contributed by atoms with Gasteiger partial charge in [-0.15, -0.1) is 0 Å². The van der Waals surface area contributed by atoms with E-state index in [0.717, 1.165) is 24.7 Å². The summed E-state index contributed by atoms with van der Waals surface area (Å²) < 4.78 is 7.43. The van der Waals surface area contributed by atoms with Gasteiger partial charge in [0.25, 0.3) is 0 Å². The van der Waals surface area contributed by atoms with Crippen LogP contribution in [0.25, 0.3) is 0 Å². The van der Waals surface area contributed by atoms with E-state index >= 15 is 0 Å². The quantitative estimate of drug-likeness (QED) is 0.347. The van der Waals surface area contributed by atoms with Crippen LogP contribution in [0.4, 0.5) is 4.79 Å². The monoisotopic (exact) mass is 579 g/mol. The Morgan fingerprint density at radius 2 is 1.60 bits per heavy atom. The van der Waals surface area contributed by atoms with Crippen LogP contribution in [-0.2, 0) is 24.2 Å². The third-order valence-electron chi connectivity index (χ3n) is 4.72. The summed E-state index contributed by atoms with van der Waals surface area (Å²) in [5.74, 6) is 0. The second-order valence-electron chi connectivity index (χ2n) is 7.01. The van der Waals surface area contributed by atoms with E-state index in [-0.39, 0.29) is 6.61 Å². The van der Waals surface area contributed by atoms with E-state index < -0.39 is 18.2 Å². The number of ether oxygens (including phenoxy) is 1. The minimum atomic E-state index is -0.761. The second-order valence-corrected chi connectivity index (χ2v) is 9.11. The molecule has 0 aliphatic heterocycles. The Labute approximate surface area is 198 Å². The van der Waals surface area contributed by atoms with Gasteiger partial charge >= 0.3 is 6.09 Å². The Morgan fingerprint density at radius 1 is 0.967 bits per heavy atom. The van der Waals surface area contributed by atoms with Gasteiger partial charge in [-0.1, -0.05) is 82.7 Å². The van der Waals surface area contributed by atoms with Crippen LogP contribution >= 0.6 is 38.5 Å². The first-order chi connectivity index (χ1) is 14.5. The Hall–Kier alpha value is -1.90. The number of aliphatic hydroxyl groups is 1. The van der Waals surface area contributed by atoms with Crippen molar-refractivity contribution < 1.29 is 14.6 Å². The summed E-state index contributed by atoms with van der Waals surface area (Å²) in [5.41, 5.74) is 2.93. The summed E-state index contributed by atoms with van der Waals surface area (Å²) in [4.78, 5) is 12.5. The maximum absolute atomic E-state index is 12.5. The first-order valence-electron chi connectivity index (χ1n) is 9.64. The second kappa shape index (κ2) is 11.5. The summed E-state index contributed by atoms with van der Waals surface area (Å²) in [6.07, 6.45) is -0.390. The van der Waals surface area contributed by atoms with Gasteiger partial charge in [0.1, 0.15) is 6.61 Å². The number of hydrogen-bond acceptors (Lipinski definition) is 3. The first-order valence-corrected chi connectivity index (χ1v) is 11.5. The average Bonchev–Trinajstić information content (AvgIpc) is 2.75. The maximum Gasteiger partial charge on any atom is 0.407 e. The molecule has 6 heteroatoms. The van der Waals surface area contributed by atoms with Crippen molar-refractivity contribution in [2.24, 2.45) is 0 Å². The lowest BCUT2D eigenvalue weighted by Crippen LogP contribution is -2.46. The molecule has 0 radical (unpaired) electrons. The standard InChI is InChI=1S/C24H23BrINO3/c25-21-15-20(26)12-11-19(21)14-22(23(28)13-17-7-3-1-4-8-17)27-24(29)30-16-18-9-5-2-6-10-18/h1-12,15,22-23,28H,13-14,16H2,(H,27,29). The number of carbonyl (C=O) groups is 1. The molecule has 0 aromatic heterocycles. The SMILES string of the molecule is O=C(NC(Cc1ccc(I)cc1Br)C(O)Cc1ccccc1)OCc1ccccc1. The van der Waals surface area contributed by atoms with Gasteiger partial charge in [-0.2, -0.15) is 0 Å². The molecule has 0 bridgehead atoms. The summed E-state index contributed by atoms with van der Waals surface area (Å²) in [7, 11) is 0. The Kier molecular flexibility index (Phi) is 8.72. The highest BCUT2D eigenvalue weighted by molar-refractivity contribution is 14.1. The van der Waals surface area contributed by atoms with Crippen molar-refractivity contribution in [1.82, 2.24) is 5.32 Å². The number of benzene rings is 3. The topological polar surface area (TPSA) is 58.6 Å². The van der Waals surface area contributed by atoms with Crippen LogP contribution in [-0.4, -0.2) is 23.3 Å². The molecule has 3 aromatic rings. The van der Waals surface area contributed by atoms with Crippen molar-refractivity contribution in [1.29, 1.82) is 0 Å². The lowest BCUT2D eigenvalue weighted by atomic mass is 9.96. The average molecular weight is 580 g/mol. The van der Waals surface area contributed by atoms with Crippen molar-refractivity contribution in [2.75, 3.05) is 0 Å². The van der Waals surface area contributed by atoms with Crippen LogP contribution in [0.2, 0.25) is 0 Å². The molecule has 0 aliphatic rings. The summed E-state index contributed by atoms with van der Waals surface area (Å²) in [6, 6.07) is 24.8. The molecule has 30 heavy (non-hydrogen) atoms. The van der Waals surface area contributed by atoms with Crippen LogP contribution in [0.1, 0.15) is 16.7 Å². The van der Waals surface area contributed by atoms with Gasteiger partial charge in [-0.3, -0.25) is 0 Å². The van der Waals surface area contributed by atoms with E-state index in [1.807, 2.05) is 78.9 Å².